The number of hydrogen-bond donors (Lipinski definition) is 2. The first-order chi connectivity index (χ1) is 9.81. The number of carboxylic acids is 1. The third-order valence-corrected chi connectivity index (χ3v) is 4.23. The Bertz CT molecular complexity index is 776. The van der Waals surface area contributed by atoms with E-state index in [1.165, 1.54) is 12.3 Å². The van der Waals surface area contributed by atoms with E-state index in [9.17, 15) is 17.6 Å². The fourth-order valence-electron chi connectivity index (χ4n) is 1.46. The van der Waals surface area contributed by atoms with Gasteiger partial charge in [0, 0.05) is 6.07 Å². The number of aromatic carboxylic acids is 1. The molecule has 0 radical (unpaired) electrons. The van der Waals surface area contributed by atoms with E-state index in [2.05, 4.69) is 9.88 Å². The molecule has 0 saturated heterocycles. The molecule has 0 spiro atoms. The van der Waals surface area contributed by atoms with Crippen molar-refractivity contribution < 1.29 is 27.2 Å². The van der Waals surface area contributed by atoms with Gasteiger partial charge >= 0.3 is 5.97 Å². The number of halogens is 2. The molecule has 0 bridgehead atoms. The number of nitrogens with zero attached hydrogens (tertiary/aromatic N) is 1. The Morgan fingerprint density at radius 1 is 1.48 bits per heavy atom. The van der Waals surface area contributed by atoms with Gasteiger partial charge in [-0.25, -0.2) is 22.3 Å². The van der Waals surface area contributed by atoms with Crippen LogP contribution in [0, 0.1) is 5.82 Å². The van der Waals surface area contributed by atoms with Crippen molar-refractivity contribution in [1.29, 1.82) is 0 Å². The molecule has 2 aromatic rings. The Morgan fingerprint density at radius 3 is 2.76 bits per heavy atom. The number of nitrogens with one attached hydrogen (secondary N) is 1. The molecule has 0 amide bonds. The smallest absolute Gasteiger partial charge is 0.337 e. The third kappa shape index (κ3) is 3.38. The van der Waals surface area contributed by atoms with E-state index in [-0.39, 0.29) is 12.3 Å². The van der Waals surface area contributed by atoms with Crippen molar-refractivity contribution >= 4 is 27.6 Å². The Morgan fingerprint density at radius 2 is 2.19 bits per heavy atom. The van der Waals surface area contributed by atoms with E-state index in [4.69, 9.17) is 21.2 Å². The SMILES string of the molecule is O=C(O)c1cc(S(=O)(=O)NCc2ccno2)cc(F)c1Cl. The summed E-state index contributed by atoms with van der Waals surface area (Å²) in [5, 5.41) is 11.6. The zero-order chi connectivity index (χ0) is 15.6. The van der Waals surface area contributed by atoms with Crippen LogP contribution < -0.4 is 4.72 Å². The van der Waals surface area contributed by atoms with Gasteiger partial charge in [0.25, 0.3) is 0 Å². The van der Waals surface area contributed by atoms with Gasteiger partial charge in [-0.2, -0.15) is 0 Å². The molecule has 0 saturated carbocycles. The molecule has 21 heavy (non-hydrogen) atoms. The Kier molecular flexibility index (Phi) is 4.26. The summed E-state index contributed by atoms with van der Waals surface area (Å²) in [4.78, 5) is 10.4. The maximum absolute atomic E-state index is 13.5. The lowest BCUT2D eigenvalue weighted by molar-refractivity contribution is 0.0696. The molecule has 2 rings (SSSR count). The van der Waals surface area contributed by atoms with Crippen molar-refractivity contribution in [1.82, 2.24) is 9.88 Å². The number of aromatic nitrogens is 1. The van der Waals surface area contributed by atoms with Crippen molar-refractivity contribution in [3.63, 3.8) is 0 Å². The zero-order valence-electron chi connectivity index (χ0n) is 10.2. The van der Waals surface area contributed by atoms with Gasteiger partial charge in [-0.3, -0.25) is 0 Å². The molecule has 2 N–H and O–H groups in total. The van der Waals surface area contributed by atoms with E-state index >= 15 is 0 Å². The van der Waals surface area contributed by atoms with E-state index in [1.54, 1.807) is 0 Å². The van der Waals surface area contributed by atoms with E-state index in [0.29, 0.717) is 6.07 Å². The van der Waals surface area contributed by atoms with Gasteiger partial charge in [-0.15, -0.1) is 0 Å². The Balaban J connectivity index is 2.33. The second-order valence-corrected chi connectivity index (χ2v) is 6.02. The average molecular weight is 335 g/mol. The van der Waals surface area contributed by atoms with Gasteiger partial charge in [0.15, 0.2) is 5.76 Å². The van der Waals surface area contributed by atoms with Gasteiger partial charge in [-0.05, 0) is 12.1 Å². The number of benzene rings is 1. The van der Waals surface area contributed by atoms with Crippen molar-refractivity contribution in [2.45, 2.75) is 11.4 Å². The predicted octanol–water partition coefficient (Wildman–Crippen LogP) is 1.64. The molecular formula is C11H8ClFN2O5S. The van der Waals surface area contributed by atoms with Crippen molar-refractivity contribution in [2.24, 2.45) is 0 Å². The summed E-state index contributed by atoms with van der Waals surface area (Å²) >= 11 is 5.47. The quantitative estimate of drug-likeness (QED) is 0.860. The number of sulfonamides is 1. The summed E-state index contributed by atoms with van der Waals surface area (Å²) in [6, 6.07) is 2.85. The van der Waals surface area contributed by atoms with Crippen LogP contribution in [-0.4, -0.2) is 24.7 Å². The minimum atomic E-state index is -4.13. The van der Waals surface area contributed by atoms with Crippen molar-refractivity contribution in [2.75, 3.05) is 0 Å². The lowest BCUT2D eigenvalue weighted by Crippen LogP contribution is -2.23. The molecule has 10 heteroatoms. The second kappa shape index (κ2) is 5.80. The van der Waals surface area contributed by atoms with E-state index < -0.39 is 37.3 Å². The largest absolute Gasteiger partial charge is 0.478 e. The van der Waals surface area contributed by atoms with Gasteiger partial charge in [0.05, 0.1) is 28.2 Å². The molecule has 1 aromatic carbocycles. The molecule has 0 aliphatic heterocycles. The highest BCUT2D eigenvalue weighted by Gasteiger charge is 2.22. The summed E-state index contributed by atoms with van der Waals surface area (Å²) in [7, 11) is -4.13. The maximum atomic E-state index is 13.5. The summed E-state index contributed by atoms with van der Waals surface area (Å²) in [5.41, 5.74) is -0.642. The monoisotopic (exact) mass is 334 g/mol. The third-order valence-electron chi connectivity index (χ3n) is 2.47. The first-order valence-corrected chi connectivity index (χ1v) is 7.29. The van der Waals surface area contributed by atoms with Crippen LogP contribution in [0.2, 0.25) is 5.02 Å². The molecule has 7 nitrogen and oxygen atoms in total. The van der Waals surface area contributed by atoms with Crippen LogP contribution in [-0.2, 0) is 16.6 Å². The molecule has 0 aliphatic carbocycles. The van der Waals surface area contributed by atoms with Crippen LogP contribution in [0.15, 0.2) is 33.8 Å². The molecule has 1 heterocycles. The predicted molar refractivity (Wildman–Crippen MR) is 68.9 cm³/mol. The highest BCUT2D eigenvalue weighted by Crippen LogP contribution is 2.24. The van der Waals surface area contributed by atoms with Gasteiger partial charge in [0.2, 0.25) is 10.0 Å². The van der Waals surface area contributed by atoms with Crippen molar-refractivity contribution in [3.8, 4) is 0 Å². The highest BCUT2D eigenvalue weighted by molar-refractivity contribution is 7.89. The van der Waals surface area contributed by atoms with Gasteiger partial charge in [-0.1, -0.05) is 16.8 Å². The fourth-order valence-corrected chi connectivity index (χ4v) is 2.68. The second-order valence-electron chi connectivity index (χ2n) is 3.88. The van der Waals surface area contributed by atoms with E-state index in [1.807, 2.05) is 0 Å². The minimum absolute atomic E-state index is 0.213. The van der Waals surface area contributed by atoms with Crippen LogP contribution in [0.4, 0.5) is 4.39 Å². The summed E-state index contributed by atoms with van der Waals surface area (Å²) in [6.07, 6.45) is 1.33. The van der Waals surface area contributed by atoms with Crippen LogP contribution in [0.3, 0.4) is 0 Å². The molecule has 0 aliphatic rings. The van der Waals surface area contributed by atoms with Crippen LogP contribution >= 0.6 is 11.6 Å². The topological polar surface area (TPSA) is 110 Å². The van der Waals surface area contributed by atoms with Crippen LogP contribution in [0.1, 0.15) is 16.1 Å². The summed E-state index contributed by atoms with van der Waals surface area (Å²) < 4.78 is 44.3. The van der Waals surface area contributed by atoms with Crippen LogP contribution in [0.25, 0.3) is 0 Å². The number of carbonyl (C=O) groups is 1. The lowest BCUT2D eigenvalue weighted by atomic mass is 10.2. The van der Waals surface area contributed by atoms with Gasteiger partial charge in [0.1, 0.15) is 5.82 Å². The average Bonchev–Trinajstić information content (AvgIpc) is 2.92. The normalized spacial score (nSPS) is 11.5. The molecule has 0 fully saturated rings. The summed E-state index contributed by atoms with van der Waals surface area (Å²) in [5.74, 6) is -2.44. The molecular weight excluding hydrogens is 327 g/mol. The molecule has 112 valence electrons. The van der Waals surface area contributed by atoms with Crippen molar-refractivity contribution in [3.05, 3.63) is 46.6 Å². The van der Waals surface area contributed by atoms with E-state index in [0.717, 1.165) is 6.07 Å². The summed E-state index contributed by atoms with van der Waals surface area (Å²) in [6.45, 7) is -0.213. The fraction of sp³-hybridized carbons (Fsp3) is 0.0909. The number of rotatable bonds is 5. The first kappa shape index (κ1) is 15.4. The van der Waals surface area contributed by atoms with Gasteiger partial charge < -0.3 is 9.63 Å². The minimum Gasteiger partial charge on any atom is -0.478 e. The Labute approximate surface area is 123 Å². The highest BCUT2D eigenvalue weighted by atomic mass is 35.5. The number of carboxylic acid groups (broad SMARTS) is 1. The number of hydrogen-bond acceptors (Lipinski definition) is 5. The molecule has 1 aromatic heterocycles. The lowest BCUT2D eigenvalue weighted by Gasteiger charge is -2.08. The molecule has 0 unspecified atom stereocenters. The standard InChI is InChI=1S/C11H8ClFN2O5S/c12-10-8(11(16)17)3-7(4-9(10)13)21(18,19)15-5-6-1-2-14-20-6/h1-4,15H,5H2,(H,16,17). The Hall–Kier alpha value is -1.97. The first-order valence-electron chi connectivity index (χ1n) is 5.43. The zero-order valence-corrected chi connectivity index (χ0v) is 11.8. The van der Waals surface area contributed by atoms with Crippen LogP contribution in [0.5, 0.6) is 0 Å². The maximum Gasteiger partial charge on any atom is 0.337 e. The molecule has 0 atom stereocenters.